The van der Waals surface area contributed by atoms with E-state index < -0.39 is 6.10 Å². The molecule has 5 nitrogen and oxygen atoms in total. The zero-order chi connectivity index (χ0) is 44.9. The molecule has 1 atom stereocenters. The molecule has 0 heterocycles. The lowest BCUT2D eigenvalue weighted by Gasteiger charge is -2.18. The van der Waals surface area contributed by atoms with Crippen molar-refractivity contribution in [3.8, 4) is 0 Å². The molecule has 0 aromatic carbocycles. The van der Waals surface area contributed by atoms with E-state index in [9.17, 15) is 9.59 Å². The topological polar surface area (TPSA) is 61.8 Å². The first kappa shape index (κ1) is 59.3. The highest BCUT2D eigenvalue weighted by atomic mass is 16.6. The van der Waals surface area contributed by atoms with Crippen molar-refractivity contribution in [2.45, 2.75) is 258 Å². The molecule has 0 radical (unpaired) electrons. The Labute approximate surface area is 385 Å². The van der Waals surface area contributed by atoms with Crippen LogP contribution in [0.15, 0.2) is 72.9 Å². The Morgan fingerprint density at radius 1 is 0.371 bits per heavy atom. The molecule has 0 saturated heterocycles. The number of unbranched alkanes of at least 4 members (excludes halogenated alkanes) is 25. The van der Waals surface area contributed by atoms with Gasteiger partial charge in [0.2, 0.25) is 0 Å². The number of carbonyl (C=O) groups excluding carboxylic acids is 2. The van der Waals surface area contributed by atoms with Crippen molar-refractivity contribution in [2.75, 3.05) is 19.8 Å². The van der Waals surface area contributed by atoms with Crippen molar-refractivity contribution in [1.82, 2.24) is 0 Å². The largest absolute Gasteiger partial charge is 0.462 e. The molecular formula is C57H100O5. The molecule has 0 aromatic heterocycles. The van der Waals surface area contributed by atoms with Gasteiger partial charge in [-0.3, -0.25) is 9.59 Å². The summed E-state index contributed by atoms with van der Waals surface area (Å²) in [6, 6.07) is 0. The van der Waals surface area contributed by atoms with Crippen molar-refractivity contribution >= 4 is 11.9 Å². The molecule has 0 aromatic rings. The average molecular weight is 865 g/mol. The Kier molecular flexibility index (Phi) is 50.4. The lowest BCUT2D eigenvalue weighted by atomic mass is 10.0. The summed E-state index contributed by atoms with van der Waals surface area (Å²) in [5.74, 6) is -0.438. The van der Waals surface area contributed by atoms with E-state index in [1.807, 2.05) is 0 Å². The third kappa shape index (κ3) is 50.0. The van der Waals surface area contributed by atoms with Crippen LogP contribution in [0.2, 0.25) is 0 Å². The van der Waals surface area contributed by atoms with Gasteiger partial charge in [-0.1, -0.05) is 235 Å². The van der Waals surface area contributed by atoms with Crippen LogP contribution in [-0.4, -0.2) is 37.9 Å². The maximum absolute atomic E-state index is 12.8. The van der Waals surface area contributed by atoms with Crippen molar-refractivity contribution in [3.05, 3.63) is 72.9 Å². The second-order valence-corrected chi connectivity index (χ2v) is 17.4. The quantitative estimate of drug-likeness (QED) is 0.0346. The molecule has 0 bridgehead atoms. The zero-order valence-electron chi connectivity index (χ0n) is 41.1. The molecule has 0 aliphatic carbocycles. The van der Waals surface area contributed by atoms with Crippen LogP contribution in [-0.2, 0) is 23.8 Å². The monoisotopic (exact) mass is 865 g/mol. The Morgan fingerprint density at radius 3 is 1.23 bits per heavy atom. The van der Waals surface area contributed by atoms with Gasteiger partial charge < -0.3 is 14.2 Å². The van der Waals surface area contributed by atoms with E-state index in [4.69, 9.17) is 14.2 Å². The van der Waals surface area contributed by atoms with E-state index in [2.05, 4.69) is 93.7 Å². The minimum atomic E-state index is -0.572. The predicted molar refractivity (Wildman–Crippen MR) is 270 cm³/mol. The SMILES string of the molecule is CC/C=C\C/C=C\C/C=C\C/C=C\CCCOCC(COC(=O)CCCCCCCCCCCCCCCCCCCCC)OC(=O)CCCCCCC/C=C\C/C=C\CCC. The molecular weight excluding hydrogens is 765 g/mol. The van der Waals surface area contributed by atoms with E-state index in [1.165, 1.54) is 128 Å². The molecule has 0 N–H and O–H groups in total. The van der Waals surface area contributed by atoms with Crippen LogP contribution in [0.25, 0.3) is 0 Å². The fraction of sp³-hybridized carbons (Fsp3) is 0.754. The number of hydrogen-bond acceptors (Lipinski definition) is 5. The van der Waals surface area contributed by atoms with Crippen LogP contribution < -0.4 is 0 Å². The van der Waals surface area contributed by atoms with Crippen LogP contribution in [0.5, 0.6) is 0 Å². The summed E-state index contributed by atoms with van der Waals surface area (Å²) in [5.41, 5.74) is 0. The molecule has 0 aliphatic rings. The number of carbonyl (C=O) groups is 2. The summed E-state index contributed by atoms with van der Waals surface area (Å²) >= 11 is 0. The second kappa shape index (κ2) is 52.7. The van der Waals surface area contributed by atoms with E-state index in [-0.39, 0.29) is 25.2 Å². The summed E-state index contributed by atoms with van der Waals surface area (Å²) in [7, 11) is 0. The summed E-state index contributed by atoms with van der Waals surface area (Å²) < 4.78 is 17.3. The van der Waals surface area contributed by atoms with Crippen LogP contribution in [0.1, 0.15) is 252 Å². The molecule has 0 rings (SSSR count). The zero-order valence-corrected chi connectivity index (χ0v) is 41.1. The molecule has 0 aliphatic heterocycles. The molecule has 0 saturated carbocycles. The first-order valence-electron chi connectivity index (χ1n) is 26.5. The van der Waals surface area contributed by atoms with Gasteiger partial charge in [-0.25, -0.2) is 0 Å². The van der Waals surface area contributed by atoms with Gasteiger partial charge in [0.1, 0.15) is 6.61 Å². The van der Waals surface area contributed by atoms with Gasteiger partial charge in [0.15, 0.2) is 6.10 Å². The normalized spacial score (nSPS) is 12.8. The van der Waals surface area contributed by atoms with Gasteiger partial charge in [0, 0.05) is 19.4 Å². The van der Waals surface area contributed by atoms with Crippen molar-refractivity contribution in [3.63, 3.8) is 0 Å². The highest BCUT2D eigenvalue weighted by Gasteiger charge is 2.17. The highest BCUT2D eigenvalue weighted by molar-refractivity contribution is 5.70. The summed E-state index contributed by atoms with van der Waals surface area (Å²) in [5, 5.41) is 0. The van der Waals surface area contributed by atoms with Gasteiger partial charge in [-0.2, -0.15) is 0 Å². The summed E-state index contributed by atoms with van der Waals surface area (Å²) in [6.45, 7) is 7.52. The number of ether oxygens (including phenoxy) is 3. The first-order chi connectivity index (χ1) is 30.6. The number of allylic oxidation sites excluding steroid dienone is 12. The minimum Gasteiger partial charge on any atom is -0.462 e. The van der Waals surface area contributed by atoms with Crippen LogP contribution in [0.4, 0.5) is 0 Å². The summed E-state index contributed by atoms with van der Waals surface area (Å²) in [4.78, 5) is 25.4. The molecule has 358 valence electrons. The van der Waals surface area contributed by atoms with E-state index in [1.54, 1.807) is 0 Å². The van der Waals surface area contributed by atoms with Gasteiger partial charge in [0.25, 0.3) is 0 Å². The molecule has 62 heavy (non-hydrogen) atoms. The lowest BCUT2D eigenvalue weighted by molar-refractivity contribution is -0.163. The molecule has 0 fully saturated rings. The van der Waals surface area contributed by atoms with Gasteiger partial charge in [0.05, 0.1) is 6.61 Å². The Morgan fingerprint density at radius 2 is 0.758 bits per heavy atom. The number of rotatable bonds is 48. The Balaban J connectivity index is 4.29. The van der Waals surface area contributed by atoms with E-state index >= 15 is 0 Å². The average Bonchev–Trinajstić information content (AvgIpc) is 3.27. The number of esters is 2. The van der Waals surface area contributed by atoms with Crippen LogP contribution in [0.3, 0.4) is 0 Å². The number of hydrogen-bond donors (Lipinski definition) is 0. The van der Waals surface area contributed by atoms with E-state index in [0.717, 1.165) is 89.9 Å². The fourth-order valence-corrected chi connectivity index (χ4v) is 7.32. The molecule has 1 unspecified atom stereocenters. The third-order valence-electron chi connectivity index (χ3n) is 11.2. The van der Waals surface area contributed by atoms with Crippen molar-refractivity contribution in [2.24, 2.45) is 0 Å². The first-order valence-corrected chi connectivity index (χ1v) is 26.5. The second-order valence-electron chi connectivity index (χ2n) is 17.4. The van der Waals surface area contributed by atoms with Gasteiger partial charge in [-0.05, 0) is 77.0 Å². The van der Waals surface area contributed by atoms with Crippen molar-refractivity contribution < 1.29 is 23.8 Å². The lowest BCUT2D eigenvalue weighted by Crippen LogP contribution is -2.30. The maximum Gasteiger partial charge on any atom is 0.306 e. The molecule has 0 amide bonds. The molecule has 5 heteroatoms. The third-order valence-corrected chi connectivity index (χ3v) is 11.2. The molecule has 0 spiro atoms. The van der Waals surface area contributed by atoms with Crippen LogP contribution >= 0.6 is 0 Å². The van der Waals surface area contributed by atoms with E-state index in [0.29, 0.717) is 19.4 Å². The smallest absolute Gasteiger partial charge is 0.306 e. The van der Waals surface area contributed by atoms with Crippen molar-refractivity contribution in [1.29, 1.82) is 0 Å². The summed E-state index contributed by atoms with van der Waals surface area (Å²) in [6.07, 6.45) is 67.9. The maximum atomic E-state index is 12.8. The van der Waals surface area contributed by atoms with Gasteiger partial charge >= 0.3 is 11.9 Å². The predicted octanol–water partition coefficient (Wildman–Crippen LogP) is 17.9. The fourth-order valence-electron chi connectivity index (χ4n) is 7.32. The van der Waals surface area contributed by atoms with Gasteiger partial charge in [-0.15, -0.1) is 0 Å². The van der Waals surface area contributed by atoms with Crippen LogP contribution in [0, 0.1) is 0 Å². The standard InChI is InChI=1S/C57H100O5/c1-4-7-10-13-16-19-22-25-27-28-29-30-31-33-35-38-41-44-47-50-56(58)61-54-55(53-60-52-49-46-43-40-37-34-26-23-20-17-14-11-8-5-2)62-57(59)51-48-45-42-39-36-32-24-21-18-15-12-9-6-3/h8,11-12,15,17,20-21,24,26,34,40,43,55H,4-7,9-10,13-14,16,18-19,22-23,25,27-33,35-39,41-42,44-54H2,1-3H3/b11-8-,15-12-,20-17-,24-21-,34-26-,43-40-. The minimum absolute atomic E-state index is 0.0580. The Hall–Kier alpha value is -2.66. The highest BCUT2D eigenvalue weighted by Crippen LogP contribution is 2.16. The Bertz CT molecular complexity index is 1110.